The van der Waals surface area contributed by atoms with Gasteiger partial charge in [-0.05, 0) is 30.5 Å². The van der Waals surface area contributed by atoms with E-state index in [-0.39, 0.29) is 23.6 Å². The first kappa shape index (κ1) is 18.5. The van der Waals surface area contributed by atoms with E-state index in [0.29, 0.717) is 18.4 Å². The number of hydrogen-bond acceptors (Lipinski definition) is 6. The van der Waals surface area contributed by atoms with E-state index in [1.807, 2.05) is 0 Å². The van der Waals surface area contributed by atoms with E-state index in [1.165, 1.54) is 18.5 Å². The van der Waals surface area contributed by atoms with Crippen LogP contribution in [0.1, 0.15) is 22.3 Å². The number of carbonyl (C=O) groups is 1. The van der Waals surface area contributed by atoms with Gasteiger partial charge in [0.15, 0.2) is 17.4 Å². The molecule has 0 saturated carbocycles. The van der Waals surface area contributed by atoms with Gasteiger partial charge in [-0.2, -0.15) is 10.2 Å². The molecular formula is C16H15F2N4O3S-. The zero-order valence-corrected chi connectivity index (χ0v) is 14.3. The molecule has 0 aromatic heterocycles. The predicted molar refractivity (Wildman–Crippen MR) is 88.4 cm³/mol. The number of rotatable bonds is 7. The molecule has 10 heteroatoms. The number of carbonyl (C=O) groups excluding carboxylic acids is 1. The van der Waals surface area contributed by atoms with Gasteiger partial charge in [-0.3, -0.25) is 9.00 Å². The van der Waals surface area contributed by atoms with Crippen LogP contribution in [0.4, 0.5) is 8.78 Å². The van der Waals surface area contributed by atoms with Crippen LogP contribution < -0.4 is 10.0 Å². The third-order valence-electron chi connectivity index (χ3n) is 4.12. The Kier molecular flexibility index (Phi) is 5.64. The van der Waals surface area contributed by atoms with Crippen LogP contribution in [-0.4, -0.2) is 27.3 Å². The van der Waals surface area contributed by atoms with Crippen LogP contribution in [0.15, 0.2) is 46.4 Å². The number of Topliss-reactive ketones (excluding diaryl/α,β-unsaturated/α-hetero) is 1. The molecule has 26 heavy (non-hydrogen) atoms. The fourth-order valence-electron chi connectivity index (χ4n) is 2.88. The lowest BCUT2D eigenvalue weighted by Gasteiger charge is -2.16. The zero-order valence-electron chi connectivity index (χ0n) is 13.4. The average molecular weight is 381 g/mol. The molecule has 0 aliphatic carbocycles. The van der Waals surface area contributed by atoms with Gasteiger partial charge in [-0.1, -0.05) is 6.08 Å². The number of aryl methyl sites for hydroxylation is 1. The number of nitrogens with zero attached hydrogens (tertiary/aromatic N) is 2. The number of azo groups is 1. The number of fused-ring (bicyclic) bond motifs is 1. The molecular weight excluding hydrogens is 366 g/mol. The van der Waals surface area contributed by atoms with Crippen LogP contribution in [0, 0.1) is 17.6 Å². The Morgan fingerprint density at radius 2 is 2.19 bits per heavy atom. The highest BCUT2D eigenvalue weighted by molar-refractivity contribution is 7.77. The molecule has 3 unspecified atom stereocenters. The molecule has 2 heterocycles. The van der Waals surface area contributed by atoms with Crippen LogP contribution in [0.5, 0.6) is 0 Å². The van der Waals surface area contributed by atoms with Crippen molar-refractivity contribution in [2.45, 2.75) is 19.0 Å². The molecule has 0 bridgehead atoms. The molecule has 0 amide bonds. The summed E-state index contributed by atoms with van der Waals surface area (Å²) in [5.41, 5.74) is 0.335. The van der Waals surface area contributed by atoms with Crippen molar-refractivity contribution in [3.05, 3.63) is 58.9 Å². The Labute approximate surface area is 150 Å². The maximum absolute atomic E-state index is 14.2. The van der Waals surface area contributed by atoms with E-state index >= 15 is 0 Å². The summed E-state index contributed by atoms with van der Waals surface area (Å²) in [6.45, 7) is 0.160. The van der Waals surface area contributed by atoms with Crippen molar-refractivity contribution in [2.24, 2.45) is 16.1 Å². The number of halogens is 2. The first-order valence-electron chi connectivity index (χ1n) is 7.85. The van der Waals surface area contributed by atoms with Crippen molar-refractivity contribution in [2.75, 3.05) is 6.54 Å². The summed E-state index contributed by atoms with van der Waals surface area (Å²) in [5.74, 6) is -3.33. The molecule has 0 spiro atoms. The molecule has 3 rings (SSSR count). The van der Waals surface area contributed by atoms with Gasteiger partial charge in [-0.15, -0.1) is 0 Å². The number of benzene rings is 1. The molecule has 2 N–H and O–H groups in total. The lowest BCUT2D eigenvalue weighted by atomic mass is 9.91. The van der Waals surface area contributed by atoms with Crippen molar-refractivity contribution >= 4 is 17.0 Å². The minimum absolute atomic E-state index is 0.160. The Hall–Kier alpha value is -2.30. The molecule has 3 atom stereocenters. The first-order valence-corrected chi connectivity index (χ1v) is 8.93. The molecule has 1 aromatic rings. The van der Waals surface area contributed by atoms with Gasteiger partial charge in [0, 0.05) is 35.8 Å². The van der Waals surface area contributed by atoms with E-state index in [2.05, 4.69) is 20.3 Å². The summed E-state index contributed by atoms with van der Waals surface area (Å²) in [6, 6.07) is 2.32. The normalized spacial score (nSPS) is 21.9. The second-order valence-corrected chi connectivity index (χ2v) is 6.57. The summed E-state index contributed by atoms with van der Waals surface area (Å²) >= 11 is -2.37. The summed E-state index contributed by atoms with van der Waals surface area (Å²) < 4.78 is 51.2. The van der Waals surface area contributed by atoms with Crippen LogP contribution >= 0.6 is 0 Å². The van der Waals surface area contributed by atoms with Crippen molar-refractivity contribution in [1.29, 1.82) is 0 Å². The minimum Gasteiger partial charge on any atom is -0.760 e. The van der Waals surface area contributed by atoms with E-state index in [1.54, 1.807) is 6.08 Å². The van der Waals surface area contributed by atoms with Crippen molar-refractivity contribution in [3.63, 3.8) is 0 Å². The van der Waals surface area contributed by atoms with Gasteiger partial charge >= 0.3 is 0 Å². The second kappa shape index (κ2) is 7.94. The maximum Gasteiger partial charge on any atom is 0.194 e. The van der Waals surface area contributed by atoms with E-state index in [0.717, 1.165) is 6.07 Å². The van der Waals surface area contributed by atoms with Gasteiger partial charge in [-0.25, -0.2) is 13.5 Å². The monoisotopic (exact) mass is 381 g/mol. The smallest absolute Gasteiger partial charge is 0.194 e. The van der Waals surface area contributed by atoms with E-state index in [9.17, 15) is 22.3 Å². The topological polar surface area (TPSA) is 106 Å². The summed E-state index contributed by atoms with van der Waals surface area (Å²) in [5, 5.41) is 10.6. The minimum atomic E-state index is -2.37. The number of hydrogen-bond donors (Lipinski definition) is 2. The van der Waals surface area contributed by atoms with Crippen LogP contribution in [0.2, 0.25) is 0 Å². The average Bonchev–Trinajstić information content (AvgIpc) is 3.05. The van der Waals surface area contributed by atoms with Gasteiger partial charge in [0.2, 0.25) is 0 Å². The highest BCUT2D eigenvalue weighted by atomic mass is 32.2. The quantitative estimate of drug-likeness (QED) is 0.427. The van der Waals surface area contributed by atoms with Gasteiger partial charge < -0.3 is 9.87 Å². The first-order chi connectivity index (χ1) is 12.5. The molecule has 0 radical (unpaired) electrons. The molecule has 7 nitrogen and oxygen atoms in total. The Morgan fingerprint density at radius 1 is 1.38 bits per heavy atom. The van der Waals surface area contributed by atoms with Gasteiger partial charge in [0.05, 0.1) is 11.5 Å². The highest BCUT2D eigenvalue weighted by Crippen LogP contribution is 2.30. The SMILES string of the molecule is O=C(C1=CNC2N=NC=CC12)c1cc(CCCNS(=O)[O-])cc(F)c1F. The fraction of sp³-hybridized carbons (Fsp3) is 0.312. The fourth-order valence-corrected chi connectivity index (χ4v) is 3.19. The number of ketones is 1. The maximum atomic E-state index is 14.2. The molecule has 0 saturated heterocycles. The molecule has 2 aliphatic heterocycles. The molecule has 0 fully saturated rings. The molecule has 1 aromatic carbocycles. The summed E-state index contributed by atoms with van der Waals surface area (Å²) in [4.78, 5) is 12.7. The van der Waals surface area contributed by atoms with E-state index < -0.39 is 34.8 Å². The Morgan fingerprint density at radius 3 is 2.96 bits per heavy atom. The standard InChI is InChI=1S/C16H16F2N4O3S/c17-13-7-9(2-1-4-21-26(24)25)6-11(14(13)18)15(23)12-8-19-16-10(12)3-5-20-22-16/h3,5-8,10,16,19,21H,1-2,4H2,(H,24,25)/p-1. The lowest BCUT2D eigenvalue weighted by molar-refractivity contribution is 0.102. The van der Waals surface area contributed by atoms with Gasteiger partial charge in [0.25, 0.3) is 0 Å². The largest absolute Gasteiger partial charge is 0.760 e. The third kappa shape index (κ3) is 3.92. The Balaban J connectivity index is 1.78. The lowest BCUT2D eigenvalue weighted by Crippen LogP contribution is -2.26. The van der Waals surface area contributed by atoms with Crippen LogP contribution in [0.25, 0.3) is 0 Å². The van der Waals surface area contributed by atoms with Crippen molar-refractivity contribution in [3.8, 4) is 0 Å². The van der Waals surface area contributed by atoms with Crippen LogP contribution in [0.3, 0.4) is 0 Å². The van der Waals surface area contributed by atoms with Crippen molar-refractivity contribution in [1.82, 2.24) is 10.0 Å². The number of nitrogens with one attached hydrogen (secondary N) is 2. The van der Waals surface area contributed by atoms with Crippen molar-refractivity contribution < 1.29 is 22.3 Å². The molecule has 2 aliphatic rings. The third-order valence-corrected chi connectivity index (χ3v) is 4.56. The highest BCUT2D eigenvalue weighted by Gasteiger charge is 2.34. The predicted octanol–water partition coefficient (Wildman–Crippen LogP) is 1.87. The zero-order chi connectivity index (χ0) is 18.7. The molecule has 138 valence electrons. The van der Waals surface area contributed by atoms with Gasteiger partial charge in [0.1, 0.15) is 6.17 Å². The Bertz CT molecular complexity index is 841. The summed E-state index contributed by atoms with van der Waals surface area (Å²) in [6.07, 6.45) is 4.83. The van der Waals surface area contributed by atoms with E-state index in [4.69, 9.17) is 0 Å². The summed E-state index contributed by atoms with van der Waals surface area (Å²) in [7, 11) is 0. The second-order valence-electron chi connectivity index (χ2n) is 5.81. The van der Waals surface area contributed by atoms with Crippen LogP contribution in [-0.2, 0) is 17.7 Å².